The molecule has 2 N–H and O–H groups in total. The molecule has 0 fully saturated rings. The maximum atomic E-state index is 12.9. The summed E-state index contributed by atoms with van der Waals surface area (Å²) in [5.74, 6) is -0.330. The van der Waals surface area contributed by atoms with Crippen molar-refractivity contribution in [3.63, 3.8) is 0 Å². The third-order valence-electron chi connectivity index (χ3n) is 4.65. The monoisotopic (exact) mass is 408 g/mol. The number of nitrogens with zero attached hydrogens (tertiary/aromatic N) is 3. The van der Waals surface area contributed by atoms with Gasteiger partial charge in [0.15, 0.2) is 5.16 Å². The number of amides is 2. The van der Waals surface area contributed by atoms with Crippen molar-refractivity contribution in [1.82, 2.24) is 9.55 Å². The number of carbonyl (C=O) groups is 2. The fraction of sp³-hybridized carbons (Fsp3) is 0.227. The molecule has 0 radical (unpaired) electrons. The van der Waals surface area contributed by atoms with Gasteiger partial charge in [0.05, 0.1) is 5.75 Å². The number of carbonyl (C=O) groups excluding carboxylic acids is 2. The summed E-state index contributed by atoms with van der Waals surface area (Å²) in [5.41, 5.74) is 9.46. The molecule has 3 rings (SSSR count). The van der Waals surface area contributed by atoms with Gasteiger partial charge in [-0.2, -0.15) is 0 Å². The van der Waals surface area contributed by atoms with Crippen molar-refractivity contribution < 1.29 is 9.59 Å². The summed E-state index contributed by atoms with van der Waals surface area (Å²) in [6.45, 7) is 4.40. The van der Waals surface area contributed by atoms with E-state index in [1.165, 1.54) is 22.9 Å². The Balaban J connectivity index is 1.74. The van der Waals surface area contributed by atoms with E-state index in [4.69, 9.17) is 5.73 Å². The molecule has 29 heavy (non-hydrogen) atoms. The van der Waals surface area contributed by atoms with Crippen molar-refractivity contribution in [3.8, 4) is 5.69 Å². The van der Waals surface area contributed by atoms with Crippen LogP contribution in [0.4, 0.5) is 5.69 Å². The Morgan fingerprint density at radius 1 is 1.10 bits per heavy atom. The number of aromatic nitrogens is 2. The second kappa shape index (κ2) is 9.43. The number of hydrogen-bond donors (Lipinski definition) is 1. The van der Waals surface area contributed by atoms with Crippen LogP contribution in [0.25, 0.3) is 5.69 Å². The molecule has 150 valence electrons. The third kappa shape index (κ3) is 5.26. The number of anilines is 1. The van der Waals surface area contributed by atoms with E-state index in [1.54, 1.807) is 11.1 Å². The molecule has 3 aromatic rings. The first kappa shape index (κ1) is 20.7. The predicted molar refractivity (Wildman–Crippen MR) is 116 cm³/mol. The van der Waals surface area contributed by atoms with Crippen LogP contribution in [0.2, 0.25) is 0 Å². The number of aryl methyl sites for hydroxylation is 2. The van der Waals surface area contributed by atoms with Crippen LogP contribution in [0.5, 0.6) is 0 Å². The molecular formula is C22H24N4O2S. The normalized spacial score (nSPS) is 10.7. The van der Waals surface area contributed by atoms with Crippen LogP contribution in [0, 0.1) is 13.8 Å². The molecule has 2 aromatic carbocycles. The van der Waals surface area contributed by atoms with Gasteiger partial charge in [0.25, 0.3) is 0 Å². The summed E-state index contributed by atoms with van der Waals surface area (Å²) in [4.78, 5) is 30.1. The van der Waals surface area contributed by atoms with Crippen molar-refractivity contribution in [2.45, 2.75) is 25.4 Å². The zero-order chi connectivity index (χ0) is 20.8. The average Bonchev–Trinajstić information content (AvgIpc) is 3.18. The SMILES string of the molecule is Cc1ccc(-n2ccnc2SCC(=O)N(CCC(N)=O)c2ccccc2)cc1C. The molecular weight excluding hydrogens is 384 g/mol. The Morgan fingerprint density at radius 3 is 2.55 bits per heavy atom. The Hall–Kier alpha value is -3.06. The molecule has 0 saturated carbocycles. The summed E-state index contributed by atoms with van der Waals surface area (Å²) < 4.78 is 1.97. The summed E-state index contributed by atoms with van der Waals surface area (Å²) >= 11 is 1.37. The van der Waals surface area contributed by atoms with Crippen LogP contribution < -0.4 is 10.6 Å². The second-order valence-corrected chi connectivity index (χ2v) is 7.68. The quantitative estimate of drug-likeness (QED) is 0.579. The van der Waals surface area contributed by atoms with Gasteiger partial charge in [-0.3, -0.25) is 14.2 Å². The zero-order valence-corrected chi connectivity index (χ0v) is 17.4. The van der Waals surface area contributed by atoms with Crippen LogP contribution in [-0.2, 0) is 9.59 Å². The van der Waals surface area contributed by atoms with Gasteiger partial charge in [-0.05, 0) is 49.2 Å². The maximum Gasteiger partial charge on any atom is 0.237 e. The highest BCUT2D eigenvalue weighted by atomic mass is 32.2. The third-order valence-corrected chi connectivity index (χ3v) is 5.60. The van der Waals surface area contributed by atoms with Gasteiger partial charge in [0, 0.05) is 36.7 Å². The lowest BCUT2D eigenvalue weighted by Gasteiger charge is -2.22. The van der Waals surface area contributed by atoms with E-state index in [0.29, 0.717) is 0 Å². The van der Waals surface area contributed by atoms with E-state index < -0.39 is 5.91 Å². The van der Waals surface area contributed by atoms with Crippen LogP contribution in [0.1, 0.15) is 17.5 Å². The van der Waals surface area contributed by atoms with Crippen LogP contribution in [0.15, 0.2) is 66.1 Å². The molecule has 0 unspecified atom stereocenters. The highest BCUT2D eigenvalue weighted by Crippen LogP contribution is 2.23. The lowest BCUT2D eigenvalue weighted by Crippen LogP contribution is -2.35. The molecule has 0 aliphatic rings. The van der Waals surface area contributed by atoms with Crippen molar-refractivity contribution in [1.29, 1.82) is 0 Å². The van der Waals surface area contributed by atoms with E-state index >= 15 is 0 Å². The number of hydrogen-bond acceptors (Lipinski definition) is 4. The minimum absolute atomic E-state index is 0.0999. The molecule has 1 heterocycles. The molecule has 0 spiro atoms. The Labute approximate surface area is 174 Å². The predicted octanol–water partition coefficient (Wildman–Crippen LogP) is 3.49. The molecule has 1 aromatic heterocycles. The number of para-hydroxylation sites is 1. The second-order valence-electron chi connectivity index (χ2n) is 6.73. The number of rotatable bonds is 8. The highest BCUT2D eigenvalue weighted by molar-refractivity contribution is 7.99. The van der Waals surface area contributed by atoms with E-state index in [0.717, 1.165) is 16.5 Å². The maximum absolute atomic E-state index is 12.9. The average molecular weight is 409 g/mol. The summed E-state index contributed by atoms with van der Waals surface area (Å²) in [6, 6.07) is 15.5. The first-order valence-corrected chi connectivity index (χ1v) is 10.3. The molecule has 0 aliphatic heterocycles. The van der Waals surface area contributed by atoms with Crippen LogP contribution in [-0.4, -0.2) is 33.7 Å². The largest absolute Gasteiger partial charge is 0.370 e. The molecule has 0 bridgehead atoms. The van der Waals surface area contributed by atoms with E-state index in [9.17, 15) is 9.59 Å². The van der Waals surface area contributed by atoms with Crippen molar-refractivity contribution in [3.05, 3.63) is 72.1 Å². The highest BCUT2D eigenvalue weighted by Gasteiger charge is 2.18. The fourth-order valence-corrected chi connectivity index (χ4v) is 3.75. The minimum Gasteiger partial charge on any atom is -0.370 e. The molecule has 0 atom stereocenters. The van der Waals surface area contributed by atoms with E-state index in [-0.39, 0.29) is 24.6 Å². The first-order valence-electron chi connectivity index (χ1n) is 9.33. The van der Waals surface area contributed by atoms with Crippen molar-refractivity contribution >= 4 is 29.3 Å². The van der Waals surface area contributed by atoms with Gasteiger partial charge in [0.2, 0.25) is 11.8 Å². The zero-order valence-electron chi connectivity index (χ0n) is 16.5. The smallest absolute Gasteiger partial charge is 0.237 e. The minimum atomic E-state index is -0.434. The number of primary amides is 1. The number of thioether (sulfide) groups is 1. The standard InChI is InChI=1S/C22H24N4O2S/c1-16-8-9-19(14-17(16)2)26-13-11-24-22(26)29-15-21(28)25(12-10-20(23)27)18-6-4-3-5-7-18/h3-9,11,13-14H,10,12,15H2,1-2H3,(H2,23,27). The summed E-state index contributed by atoms with van der Waals surface area (Å²) in [5, 5.41) is 0.740. The first-order chi connectivity index (χ1) is 14.0. The number of imidazole rings is 1. The van der Waals surface area contributed by atoms with Crippen LogP contribution >= 0.6 is 11.8 Å². The van der Waals surface area contributed by atoms with Gasteiger partial charge < -0.3 is 10.6 Å². The van der Waals surface area contributed by atoms with Crippen molar-refractivity contribution in [2.24, 2.45) is 5.73 Å². The molecule has 7 heteroatoms. The topological polar surface area (TPSA) is 81.2 Å². The molecule has 0 aliphatic carbocycles. The van der Waals surface area contributed by atoms with Crippen molar-refractivity contribution in [2.75, 3.05) is 17.2 Å². The Morgan fingerprint density at radius 2 is 1.86 bits per heavy atom. The molecule has 6 nitrogen and oxygen atoms in total. The van der Waals surface area contributed by atoms with Gasteiger partial charge >= 0.3 is 0 Å². The van der Waals surface area contributed by atoms with Gasteiger partial charge in [0.1, 0.15) is 0 Å². The fourth-order valence-electron chi connectivity index (χ4n) is 2.90. The lowest BCUT2D eigenvalue weighted by atomic mass is 10.1. The Bertz CT molecular complexity index is 1000. The lowest BCUT2D eigenvalue weighted by molar-refractivity contribution is -0.118. The van der Waals surface area contributed by atoms with Crippen LogP contribution in [0.3, 0.4) is 0 Å². The van der Waals surface area contributed by atoms with Gasteiger partial charge in [-0.15, -0.1) is 0 Å². The molecule has 2 amide bonds. The molecule has 0 saturated heterocycles. The van der Waals surface area contributed by atoms with E-state index in [1.807, 2.05) is 47.2 Å². The Kier molecular flexibility index (Phi) is 6.72. The summed E-state index contributed by atoms with van der Waals surface area (Å²) in [7, 11) is 0. The van der Waals surface area contributed by atoms with Gasteiger partial charge in [-0.1, -0.05) is 36.0 Å². The summed E-state index contributed by atoms with van der Waals surface area (Å²) in [6.07, 6.45) is 3.73. The number of benzene rings is 2. The van der Waals surface area contributed by atoms with E-state index in [2.05, 4.69) is 31.0 Å². The van der Waals surface area contributed by atoms with Gasteiger partial charge in [-0.25, -0.2) is 4.98 Å². The number of nitrogens with two attached hydrogens (primary N) is 1.